The van der Waals surface area contributed by atoms with Crippen molar-refractivity contribution in [1.29, 1.82) is 0 Å². The SMILES string of the molecule is Nc1cc(Br)ccc1OC1CCCCCC1. The van der Waals surface area contributed by atoms with Crippen molar-refractivity contribution in [3.05, 3.63) is 22.7 Å². The molecule has 0 unspecified atom stereocenters. The van der Waals surface area contributed by atoms with Crippen molar-refractivity contribution >= 4 is 21.6 Å². The lowest BCUT2D eigenvalue weighted by atomic mass is 10.1. The number of ether oxygens (including phenoxy) is 1. The lowest BCUT2D eigenvalue weighted by molar-refractivity contribution is 0.185. The van der Waals surface area contributed by atoms with E-state index in [1.807, 2.05) is 18.2 Å². The van der Waals surface area contributed by atoms with Crippen molar-refractivity contribution in [2.24, 2.45) is 0 Å². The van der Waals surface area contributed by atoms with Gasteiger partial charge in [-0.15, -0.1) is 0 Å². The van der Waals surface area contributed by atoms with Crippen molar-refractivity contribution in [1.82, 2.24) is 0 Å². The summed E-state index contributed by atoms with van der Waals surface area (Å²) in [6.45, 7) is 0. The summed E-state index contributed by atoms with van der Waals surface area (Å²) < 4.78 is 6.97. The van der Waals surface area contributed by atoms with E-state index in [1.165, 1.54) is 25.7 Å². The van der Waals surface area contributed by atoms with Gasteiger partial charge in [-0.3, -0.25) is 0 Å². The summed E-state index contributed by atoms with van der Waals surface area (Å²) in [6.07, 6.45) is 7.92. The molecule has 0 spiro atoms. The molecule has 0 amide bonds. The average Bonchev–Trinajstić information content (AvgIpc) is 2.51. The van der Waals surface area contributed by atoms with E-state index in [-0.39, 0.29) is 0 Å². The highest BCUT2D eigenvalue weighted by Gasteiger charge is 2.14. The van der Waals surface area contributed by atoms with E-state index >= 15 is 0 Å². The van der Waals surface area contributed by atoms with Gasteiger partial charge in [0.05, 0.1) is 11.8 Å². The Balaban J connectivity index is 2.01. The van der Waals surface area contributed by atoms with E-state index in [9.17, 15) is 0 Å². The third-order valence-corrected chi connectivity index (χ3v) is 3.56. The first-order chi connectivity index (χ1) is 7.75. The molecular formula is C13H18BrNO. The third-order valence-electron chi connectivity index (χ3n) is 3.07. The van der Waals surface area contributed by atoms with E-state index in [4.69, 9.17) is 10.5 Å². The monoisotopic (exact) mass is 283 g/mol. The lowest BCUT2D eigenvalue weighted by Gasteiger charge is -2.18. The van der Waals surface area contributed by atoms with Crippen LogP contribution in [0.2, 0.25) is 0 Å². The zero-order valence-electron chi connectivity index (χ0n) is 9.42. The Morgan fingerprint density at radius 1 is 1.12 bits per heavy atom. The molecule has 0 bridgehead atoms. The minimum Gasteiger partial charge on any atom is -0.488 e. The molecule has 0 aliphatic heterocycles. The zero-order chi connectivity index (χ0) is 11.4. The fourth-order valence-electron chi connectivity index (χ4n) is 2.17. The standard InChI is InChI=1S/C13H18BrNO/c14-10-7-8-13(12(15)9-10)16-11-5-3-1-2-4-6-11/h7-9,11H,1-6,15H2. The second kappa shape index (κ2) is 5.58. The number of anilines is 1. The van der Waals surface area contributed by atoms with Crippen LogP contribution in [0.4, 0.5) is 5.69 Å². The molecule has 0 radical (unpaired) electrons. The van der Waals surface area contributed by atoms with Gasteiger partial charge in [0.1, 0.15) is 5.75 Å². The Bertz CT molecular complexity index is 346. The summed E-state index contributed by atoms with van der Waals surface area (Å²) in [4.78, 5) is 0. The normalized spacial score (nSPS) is 18.1. The van der Waals surface area contributed by atoms with Crippen LogP contribution in [0.3, 0.4) is 0 Å². The van der Waals surface area contributed by atoms with E-state index in [0.717, 1.165) is 28.8 Å². The van der Waals surface area contributed by atoms with Crippen molar-refractivity contribution in [3.8, 4) is 5.75 Å². The average molecular weight is 284 g/mol. The van der Waals surface area contributed by atoms with Gasteiger partial charge in [0.2, 0.25) is 0 Å². The molecule has 2 N–H and O–H groups in total. The van der Waals surface area contributed by atoms with Crippen molar-refractivity contribution < 1.29 is 4.74 Å². The Labute approximate surface area is 105 Å². The molecule has 1 aliphatic rings. The third kappa shape index (κ3) is 3.14. The van der Waals surface area contributed by atoms with Gasteiger partial charge in [-0.05, 0) is 43.9 Å². The Hall–Kier alpha value is -0.700. The molecule has 88 valence electrons. The molecule has 0 heterocycles. The lowest BCUT2D eigenvalue weighted by Crippen LogP contribution is -2.15. The minimum absolute atomic E-state index is 0.353. The highest BCUT2D eigenvalue weighted by Crippen LogP contribution is 2.29. The minimum atomic E-state index is 0.353. The number of hydrogen-bond acceptors (Lipinski definition) is 2. The molecule has 3 heteroatoms. The van der Waals surface area contributed by atoms with E-state index in [1.54, 1.807) is 0 Å². The van der Waals surface area contributed by atoms with Crippen LogP contribution >= 0.6 is 15.9 Å². The van der Waals surface area contributed by atoms with E-state index in [2.05, 4.69) is 15.9 Å². The molecule has 0 saturated heterocycles. The molecule has 1 aliphatic carbocycles. The van der Waals surface area contributed by atoms with Gasteiger partial charge in [0.25, 0.3) is 0 Å². The Morgan fingerprint density at radius 2 is 1.81 bits per heavy atom. The van der Waals surface area contributed by atoms with Gasteiger partial charge >= 0.3 is 0 Å². The second-order valence-corrected chi connectivity index (χ2v) is 5.33. The van der Waals surface area contributed by atoms with Crippen molar-refractivity contribution in [3.63, 3.8) is 0 Å². The summed E-state index contributed by atoms with van der Waals surface area (Å²) in [6, 6.07) is 5.82. The molecule has 1 fully saturated rings. The van der Waals surface area contributed by atoms with Crippen LogP contribution in [0, 0.1) is 0 Å². The fraction of sp³-hybridized carbons (Fsp3) is 0.538. The molecule has 1 aromatic carbocycles. The summed E-state index contributed by atoms with van der Waals surface area (Å²) in [5.74, 6) is 0.829. The quantitative estimate of drug-likeness (QED) is 0.654. The maximum Gasteiger partial charge on any atom is 0.142 e. The van der Waals surface area contributed by atoms with Gasteiger partial charge in [-0.25, -0.2) is 0 Å². The Morgan fingerprint density at radius 3 is 2.44 bits per heavy atom. The highest BCUT2D eigenvalue weighted by atomic mass is 79.9. The molecule has 0 atom stereocenters. The zero-order valence-corrected chi connectivity index (χ0v) is 11.0. The number of rotatable bonds is 2. The number of nitrogen functional groups attached to an aromatic ring is 1. The van der Waals surface area contributed by atoms with Crippen LogP contribution in [0.5, 0.6) is 5.75 Å². The topological polar surface area (TPSA) is 35.2 Å². The molecule has 2 nitrogen and oxygen atoms in total. The molecule has 0 aromatic heterocycles. The van der Waals surface area contributed by atoms with Gasteiger partial charge in [0, 0.05) is 4.47 Å². The molecular weight excluding hydrogens is 266 g/mol. The number of nitrogens with two attached hydrogens (primary N) is 1. The molecule has 1 saturated carbocycles. The highest BCUT2D eigenvalue weighted by molar-refractivity contribution is 9.10. The van der Waals surface area contributed by atoms with Gasteiger partial charge in [0.15, 0.2) is 0 Å². The van der Waals surface area contributed by atoms with Crippen LogP contribution < -0.4 is 10.5 Å². The number of hydrogen-bond donors (Lipinski definition) is 1. The van der Waals surface area contributed by atoms with Gasteiger partial charge in [-0.1, -0.05) is 28.8 Å². The van der Waals surface area contributed by atoms with Crippen LogP contribution in [-0.2, 0) is 0 Å². The fourth-order valence-corrected chi connectivity index (χ4v) is 2.54. The van der Waals surface area contributed by atoms with Crippen molar-refractivity contribution in [2.45, 2.75) is 44.6 Å². The summed E-state index contributed by atoms with van der Waals surface area (Å²) in [5.41, 5.74) is 6.64. The maximum absolute atomic E-state index is 5.98. The molecule has 16 heavy (non-hydrogen) atoms. The predicted molar refractivity (Wildman–Crippen MR) is 70.7 cm³/mol. The van der Waals surface area contributed by atoms with Gasteiger partial charge in [-0.2, -0.15) is 0 Å². The summed E-state index contributed by atoms with van der Waals surface area (Å²) in [7, 11) is 0. The largest absolute Gasteiger partial charge is 0.488 e. The van der Waals surface area contributed by atoms with Crippen LogP contribution in [0.15, 0.2) is 22.7 Å². The number of benzene rings is 1. The van der Waals surface area contributed by atoms with Crippen LogP contribution in [0.25, 0.3) is 0 Å². The predicted octanol–water partition coefficient (Wildman–Crippen LogP) is 4.13. The van der Waals surface area contributed by atoms with E-state index in [0.29, 0.717) is 6.10 Å². The van der Waals surface area contributed by atoms with Crippen LogP contribution in [0.1, 0.15) is 38.5 Å². The first-order valence-corrected chi connectivity index (χ1v) is 6.77. The summed E-state index contributed by atoms with van der Waals surface area (Å²) >= 11 is 3.40. The molecule has 2 rings (SSSR count). The first kappa shape index (κ1) is 11.8. The van der Waals surface area contributed by atoms with Gasteiger partial charge < -0.3 is 10.5 Å². The number of halogens is 1. The second-order valence-electron chi connectivity index (χ2n) is 4.41. The molecule has 1 aromatic rings. The summed E-state index contributed by atoms with van der Waals surface area (Å²) in [5, 5.41) is 0. The smallest absolute Gasteiger partial charge is 0.142 e. The van der Waals surface area contributed by atoms with E-state index < -0.39 is 0 Å². The van der Waals surface area contributed by atoms with Crippen LogP contribution in [-0.4, -0.2) is 6.10 Å². The Kier molecular flexibility index (Phi) is 4.10. The maximum atomic E-state index is 5.98. The first-order valence-electron chi connectivity index (χ1n) is 5.97. The van der Waals surface area contributed by atoms with Crippen molar-refractivity contribution in [2.75, 3.05) is 5.73 Å².